The van der Waals surface area contributed by atoms with E-state index in [0.29, 0.717) is 18.8 Å². The Hall–Kier alpha value is -1.56. The van der Waals surface area contributed by atoms with Crippen LogP contribution >= 0.6 is 15.9 Å². The summed E-state index contributed by atoms with van der Waals surface area (Å²) in [6, 6.07) is 3.71. The van der Waals surface area contributed by atoms with Crippen LogP contribution in [0, 0.1) is 0 Å². The van der Waals surface area contributed by atoms with E-state index in [4.69, 9.17) is 0 Å². The second-order valence-electron chi connectivity index (χ2n) is 4.26. The molecule has 1 N–H and O–H groups in total. The summed E-state index contributed by atoms with van der Waals surface area (Å²) in [4.78, 5) is 12.1. The number of carbonyl (C=O) groups excluding carboxylic acids is 1. The number of aromatic nitrogens is 3. The summed E-state index contributed by atoms with van der Waals surface area (Å²) in [6.45, 7) is 4.17. The van der Waals surface area contributed by atoms with Crippen molar-refractivity contribution in [1.82, 2.24) is 19.7 Å². The van der Waals surface area contributed by atoms with Crippen LogP contribution in [0.2, 0.25) is 0 Å². The van der Waals surface area contributed by atoms with E-state index in [2.05, 4.69) is 33.3 Å². The van der Waals surface area contributed by atoms with Crippen LogP contribution in [0.5, 0.6) is 0 Å². The summed E-state index contributed by atoms with van der Waals surface area (Å²) in [6.07, 6.45) is 6.54. The van der Waals surface area contributed by atoms with E-state index in [9.17, 15) is 4.79 Å². The first-order valence-electron chi connectivity index (χ1n) is 6.32. The highest BCUT2D eigenvalue weighted by atomic mass is 79.9. The molecule has 19 heavy (non-hydrogen) atoms. The molecule has 0 bridgehead atoms. The fourth-order valence-electron chi connectivity index (χ4n) is 1.90. The predicted molar refractivity (Wildman–Crippen MR) is 77.0 cm³/mol. The van der Waals surface area contributed by atoms with Crippen molar-refractivity contribution in [3.8, 4) is 0 Å². The van der Waals surface area contributed by atoms with Crippen LogP contribution < -0.4 is 5.32 Å². The summed E-state index contributed by atoms with van der Waals surface area (Å²) in [7, 11) is 0. The fourth-order valence-corrected chi connectivity index (χ4v) is 2.36. The lowest BCUT2D eigenvalue weighted by molar-refractivity contribution is 0.0942. The highest BCUT2D eigenvalue weighted by Crippen LogP contribution is 2.15. The van der Waals surface area contributed by atoms with Gasteiger partial charge in [0.25, 0.3) is 5.91 Å². The van der Waals surface area contributed by atoms with Crippen molar-refractivity contribution < 1.29 is 4.79 Å². The SMILES string of the molecule is CCCn1cc(Br)cc1C(=O)NCCn1cccn1. The number of rotatable bonds is 6. The lowest BCUT2D eigenvalue weighted by atomic mass is 10.3. The third-order valence-electron chi connectivity index (χ3n) is 2.75. The maximum atomic E-state index is 12.1. The van der Waals surface area contributed by atoms with Crippen LogP contribution in [-0.2, 0) is 13.1 Å². The van der Waals surface area contributed by atoms with Gasteiger partial charge in [0.1, 0.15) is 5.69 Å². The van der Waals surface area contributed by atoms with Gasteiger partial charge in [-0.05, 0) is 34.5 Å². The first kappa shape index (κ1) is 13.9. The van der Waals surface area contributed by atoms with E-state index in [0.717, 1.165) is 17.4 Å². The minimum atomic E-state index is -0.0497. The van der Waals surface area contributed by atoms with Crippen molar-refractivity contribution in [3.05, 3.63) is 40.9 Å². The number of hydrogen-bond acceptors (Lipinski definition) is 2. The highest BCUT2D eigenvalue weighted by molar-refractivity contribution is 9.10. The Morgan fingerprint density at radius 3 is 3.00 bits per heavy atom. The minimum absolute atomic E-state index is 0.0497. The van der Waals surface area contributed by atoms with Gasteiger partial charge in [-0.3, -0.25) is 9.48 Å². The highest BCUT2D eigenvalue weighted by Gasteiger charge is 2.12. The average Bonchev–Trinajstić information content (AvgIpc) is 2.99. The summed E-state index contributed by atoms with van der Waals surface area (Å²) >= 11 is 3.41. The molecular formula is C13H17BrN4O. The van der Waals surface area contributed by atoms with Crippen LogP contribution in [0.25, 0.3) is 0 Å². The van der Waals surface area contributed by atoms with Gasteiger partial charge in [0.05, 0.1) is 6.54 Å². The molecule has 0 aliphatic rings. The van der Waals surface area contributed by atoms with Crippen LogP contribution in [0.4, 0.5) is 0 Å². The third-order valence-corrected chi connectivity index (χ3v) is 3.18. The number of halogens is 1. The predicted octanol–water partition coefficient (Wildman–Crippen LogP) is 2.29. The molecule has 5 nitrogen and oxygen atoms in total. The van der Waals surface area contributed by atoms with Crippen molar-refractivity contribution in [1.29, 1.82) is 0 Å². The zero-order valence-electron chi connectivity index (χ0n) is 10.8. The summed E-state index contributed by atoms with van der Waals surface area (Å²) in [5.74, 6) is -0.0497. The molecule has 0 aliphatic carbocycles. The third kappa shape index (κ3) is 3.70. The van der Waals surface area contributed by atoms with E-state index in [1.54, 1.807) is 10.9 Å². The number of hydrogen-bond donors (Lipinski definition) is 1. The first-order valence-corrected chi connectivity index (χ1v) is 7.11. The van der Waals surface area contributed by atoms with E-state index < -0.39 is 0 Å². The van der Waals surface area contributed by atoms with Gasteiger partial charge in [0, 0.05) is 36.2 Å². The molecule has 102 valence electrons. The topological polar surface area (TPSA) is 51.9 Å². The normalized spacial score (nSPS) is 10.6. The van der Waals surface area contributed by atoms with Crippen molar-refractivity contribution in [2.24, 2.45) is 0 Å². The Labute approximate surface area is 120 Å². The largest absolute Gasteiger partial charge is 0.349 e. The summed E-state index contributed by atoms with van der Waals surface area (Å²) in [5, 5.41) is 7.00. The number of carbonyl (C=O) groups is 1. The van der Waals surface area contributed by atoms with Crippen LogP contribution in [-0.4, -0.2) is 26.8 Å². The van der Waals surface area contributed by atoms with Crippen molar-refractivity contribution in [2.75, 3.05) is 6.54 Å². The Morgan fingerprint density at radius 1 is 1.47 bits per heavy atom. The smallest absolute Gasteiger partial charge is 0.268 e. The average molecular weight is 325 g/mol. The molecule has 0 radical (unpaired) electrons. The standard InChI is InChI=1S/C13H17BrN4O/c1-2-6-17-10-11(14)9-12(17)13(19)15-5-8-18-7-3-4-16-18/h3-4,7,9-10H,2,5-6,8H2,1H3,(H,15,19). The number of nitrogens with one attached hydrogen (secondary N) is 1. The fraction of sp³-hybridized carbons (Fsp3) is 0.385. The Bertz CT molecular complexity index is 533. The van der Waals surface area contributed by atoms with Gasteiger partial charge in [0.2, 0.25) is 0 Å². The molecule has 2 aromatic rings. The number of amides is 1. The Morgan fingerprint density at radius 2 is 2.32 bits per heavy atom. The van der Waals surface area contributed by atoms with E-state index in [1.165, 1.54) is 0 Å². The molecule has 0 saturated heterocycles. The maximum Gasteiger partial charge on any atom is 0.268 e. The zero-order valence-corrected chi connectivity index (χ0v) is 12.4. The molecular weight excluding hydrogens is 308 g/mol. The van der Waals surface area contributed by atoms with Gasteiger partial charge in [-0.25, -0.2) is 0 Å². The van der Waals surface area contributed by atoms with Crippen LogP contribution in [0.15, 0.2) is 35.2 Å². The Kier molecular flexibility index (Phi) is 4.79. The molecule has 0 aromatic carbocycles. The van der Waals surface area contributed by atoms with E-state index >= 15 is 0 Å². The molecule has 2 aromatic heterocycles. The van der Waals surface area contributed by atoms with Gasteiger partial charge in [0.15, 0.2) is 0 Å². The van der Waals surface area contributed by atoms with E-state index in [-0.39, 0.29) is 5.91 Å². The van der Waals surface area contributed by atoms with Gasteiger partial charge in [-0.1, -0.05) is 6.92 Å². The molecule has 0 aliphatic heterocycles. The minimum Gasteiger partial charge on any atom is -0.349 e. The van der Waals surface area contributed by atoms with Crippen molar-refractivity contribution >= 4 is 21.8 Å². The van der Waals surface area contributed by atoms with Crippen molar-refractivity contribution in [3.63, 3.8) is 0 Å². The number of nitrogens with zero attached hydrogens (tertiary/aromatic N) is 3. The maximum absolute atomic E-state index is 12.1. The Balaban J connectivity index is 1.92. The van der Waals surface area contributed by atoms with E-state index in [1.807, 2.05) is 29.1 Å². The van der Waals surface area contributed by atoms with Gasteiger partial charge in [-0.2, -0.15) is 5.10 Å². The molecule has 2 rings (SSSR count). The molecule has 0 saturated carbocycles. The zero-order chi connectivity index (χ0) is 13.7. The molecule has 6 heteroatoms. The summed E-state index contributed by atoms with van der Waals surface area (Å²) < 4.78 is 4.69. The lowest BCUT2D eigenvalue weighted by Crippen LogP contribution is -2.29. The quantitative estimate of drug-likeness (QED) is 0.886. The second kappa shape index (κ2) is 6.56. The van der Waals surface area contributed by atoms with Crippen LogP contribution in [0.1, 0.15) is 23.8 Å². The first-order chi connectivity index (χ1) is 9.20. The van der Waals surface area contributed by atoms with Crippen LogP contribution in [0.3, 0.4) is 0 Å². The number of aryl methyl sites for hydroxylation is 1. The molecule has 0 fully saturated rings. The molecule has 1 amide bonds. The summed E-state index contributed by atoms with van der Waals surface area (Å²) in [5.41, 5.74) is 0.689. The van der Waals surface area contributed by atoms with Gasteiger partial charge < -0.3 is 9.88 Å². The van der Waals surface area contributed by atoms with Gasteiger partial charge in [-0.15, -0.1) is 0 Å². The van der Waals surface area contributed by atoms with Crippen molar-refractivity contribution in [2.45, 2.75) is 26.4 Å². The monoisotopic (exact) mass is 324 g/mol. The molecule has 2 heterocycles. The molecule has 0 atom stereocenters. The van der Waals surface area contributed by atoms with Gasteiger partial charge >= 0.3 is 0 Å². The second-order valence-corrected chi connectivity index (χ2v) is 5.18. The molecule has 0 spiro atoms. The molecule has 0 unspecified atom stereocenters. The lowest BCUT2D eigenvalue weighted by Gasteiger charge is -2.08.